The number of amides is 1. The minimum Gasteiger partial charge on any atom is -0.496 e. The molecule has 0 saturated heterocycles. The van der Waals surface area contributed by atoms with E-state index in [1.54, 1.807) is 21.3 Å². The summed E-state index contributed by atoms with van der Waals surface area (Å²) in [6, 6.07) is 20.3. The Morgan fingerprint density at radius 1 is 0.806 bits per heavy atom. The van der Waals surface area contributed by atoms with Crippen LogP contribution >= 0.6 is 12.4 Å². The Morgan fingerprint density at radius 2 is 1.44 bits per heavy atom. The number of benzene rings is 3. The Morgan fingerprint density at radius 3 is 2.17 bits per heavy atom. The largest absolute Gasteiger partial charge is 0.496 e. The molecule has 190 valence electrons. The summed E-state index contributed by atoms with van der Waals surface area (Å²) in [7, 11) is 4.99. The minimum atomic E-state index is -0.225. The molecule has 36 heavy (non-hydrogen) atoms. The fourth-order valence-electron chi connectivity index (χ4n) is 5.32. The van der Waals surface area contributed by atoms with Crippen LogP contribution in [0.15, 0.2) is 60.7 Å². The van der Waals surface area contributed by atoms with E-state index >= 15 is 0 Å². The summed E-state index contributed by atoms with van der Waals surface area (Å²) in [5.41, 5.74) is 5.97. The molecular weight excluding hydrogens is 476 g/mol. The molecule has 0 saturated carbocycles. The number of methoxy groups -OCH3 is 3. The van der Waals surface area contributed by atoms with Gasteiger partial charge in [-0.15, -0.1) is 12.4 Å². The van der Waals surface area contributed by atoms with Crippen molar-refractivity contribution in [2.45, 2.75) is 38.5 Å². The van der Waals surface area contributed by atoms with E-state index in [9.17, 15) is 4.79 Å². The molecule has 0 spiro atoms. The zero-order valence-corrected chi connectivity index (χ0v) is 21.8. The highest BCUT2D eigenvalue weighted by molar-refractivity contribution is 5.85. The Bertz CT molecular complexity index is 1230. The number of ether oxygens (including phenoxy) is 3. The van der Waals surface area contributed by atoms with E-state index in [1.165, 1.54) is 16.7 Å². The molecule has 0 aliphatic carbocycles. The predicted molar refractivity (Wildman–Crippen MR) is 142 cm³/mol. The van der Waals surface area contributed by atoms with Gasteiger partial charge in [-0.1, -0.05) is 42.5 Å². The zero-order valence-electron chi connectivity index (χ0n) is 21.0. The van der Waals surface area contributed by atoms with Crippen molar-refractivity contribution in [3.63, 3.8) is 0 Å². The molecule has 0 radical (unpaired) electrons. The van der Waals surface area contributed by atoms with Gasteiger partial charge >= 0.3 is 0 Å². The highest BCUT2D eigenvalue weighted by Gasteiger charge is 2.35. The summed E-state index contributed by atoms with van der Waals surface area (Å²) >= 11 is 0. The van der Waals surface area contributed by atoms with Crippen LogP contribution in [0.3, 0.4) is 0 Å². The number of nitrogens with zero attached hydrogens (tertiary/aromatic N) is 2. The van der Waals surface area contributed by atoms with Gasteiger partial charge in [0.15, 0.2) is 11.5 Å². The molecule has 3 aromatic rings. The van der Waals surface area contributed by atoms with Crippen LogP contribution in [0.25, 0.3) is 0 Å². The fraction of sp³-hybridized carbons (Fsp3) is 0.345. The maximum absolute atomic E-state index is 14.0. The average molecular weight is 509 g/mol. The molecule has 0 fully saturated rings. The van der Waals surface area contributed by atoms with Crippen LogP contribution in [0.4, 0.5) is 0 Å². The lowest BCUT2D eigenvalue weighted by Gasteiger charge is -2.40. The summed E-state index contributed by atoms with van der Waals surface area (Å²) in [6.45, 7) is 2.67. The second-order valence-corrected chi connectivity index (χ2v) is 9.19. The third kappa shape index (κ3) is 5.01. The van der Waals surface area contributed by atoms with Crippen LogP contribution in [-0.2, 0) is 37.3 Å². The number of para-hydroxylation sites is 1. The number of hydrogen-bond acceptors (Lipinski definition) is 5. The molecule has 2 aliphatic heterocycles. The topological polar surface area (TPSA) is 51.2 Å². The van der Waals surface area contributed by atoms with E-state index in [4.69, 9.17) is 14.2 Å². The summed E-state index contributed by atoms with van der Waals surface area (Å²) in [5.74, 6) is 2.46. The van der Waals surface area contributed by atoms with Crippen LogP contribution in [-0.4, -0.2) is 49.6 Å². The first-order chi connectivity index (χ1) is 17.1. The number of carbonyl (C=O) groups excluding carboxylic acids is 1. The number of fused-ring (bicyclic) bond motifs is 2. The smallest absolute Gasteiger partial charge is 0.240 e. The van der Waals surface area contributed by atoms with Gasteiger partial charge in [-0.3, -0.25) is 9.69 Å². The van der Waals surface area contributed by atoms with Crippen LogP contribution < -0.4 is 14.2 Å². The van der Waals surface area contributed by atoms with Crippen molar-refractivity contribution in [1.29, 1.82) is 0 Å². The SMILES string of the molecule is COc1ccccc1CN1Cc2ccccc2C[C@H]1C(=O)N1CCc2cc(OC)c(OC)cc2C1.Cl. The van der Waals surface area contributed by atoms with E-state index in [0.717, 1.165) is 35.6 Å². The normalized spacial score (nSPS) is 16.9. The van der Waals surface area contributed by atoms with E-state index in [1.807, 2.05) is 35.2 Å². The Labute approximate surface area is 219 Å². The molecule has 5 rings (SSSR count). The second-order valence-electron chi connectivity index (χ2n) is 9.19. The van der Waals surface area contributed by atoms with Crippen LogP contribution in [0.5, 0.6) is 17.2 Å². The van der Waals surface area contributed by atoms with Gasteiger partial charge < -0.3 is 19.1 Å². The first kappa shape index (κ1) is 25.9. The van der Waals surface area contributed by atoms with Crippen molar-refractivity contribution in [1.82, 2.24) is 9.80 Å². The average Bonchev–Trinajstić information content (AvgIpc) is 2.91. The molecule has 1 amide bonds. The molecule has 6 nitrogen and oxygen atoms in total. The third-order valence-electron chi connectivity index (χ3n) is 7.23. The standard InChI is InChI=1S/C29H32N2O4.ClH/c1-33-26-11-7-6-10-23(26)18-31-17-22-9-5-4-8-20(22)14-25(31)29(32)30-13-12-21-15-27(34-2)28(35-3)16-24(21)19-30;/h4-11,15-16,25H,12-14,17-19H2,1-3H3;1H/t25-;/m0./s1. The second kappa shape index (κ2) is 11.2. The monoisotopic (exact) mass is 508 g/mol. The molecule has 0 unspecified atom stereocenters. The van der Waals surface area contributed by atoms with E-state index in [0.29, 0.717) is 31.8 Å². The number of rotatable bonds is 6. The molecule has 3 aromatic carbocycles. The molecule has 0 aromatic heterocycles. The van der Waals surface area contributed by atoms with Crippen LogP contribution in [0.2, 0.25) is 0 Å². The number of halogens is 1. The zero-order chi connectivity index (χ0) is 24.4. The van der Waals surface area contributed by atoms with Gasteiger partial charge in [0.1, 0.15) is 5.75 Å². The van der Waals surface area contributed by atoms with Gasteiger partial charge in [0.05, 0.1) is 27.4 Å². The van der Waals surface area contributed by atoms with Crippen LogP contribution in [0.1, 0.15) is 27.8 Å². The summed E-state index contributed by atoms with van der Waals surface area (Å²) in [5, 5.41) is 0. The maximum atomic E-state index is 14.0. The van der Waals surface area contributed by atoms with Gasteiger partial charge in [-0.05, 0) is 53.3 Å². The van der Waals surface area contributed by atoms with E-state index in [-0.39, 0.29) is 24.4 Å². The van der Waals surface area contributed by atoms with Crippen molar-refractivity contribution in [2.75, 3.05) is 27.9 Å². The molecule has 7 heteroatoms. The Balaban J connectivity index is 0.00000304. The number of hydrogen-bond donors (Lipinski definition) is 0. The Kier molecular flexibility index (Phi) is 8.07. The molecule has 0 bridgehead atoms. The highest BCUT2D eigenvalue weighted by atomic mass is 35.5. The quantitative estimate of drug-likeness (QED) is 0.485. The molecule has 0 N–H and O–H groups in total. The van der Waals surface area contributed by atoms with Crippen molar-refractivity contribution in [2.24, 2.45) is 0 Å². The Hall–Kier alpha value is -3.22. The maximum Gasteiger partial charge on any atom is 0.240 e. The summed E-state index contributed by atoms with van der Waals surface area (Å²) in [4.78, 5) is 18.3. The number of carbonyl (C=O) groups is 1. The minimum absolute atomic E-state index is 0. The van der Waals surface area contributed by atoms with Gasteiger partial charge in [-0.25, -0.2) is 0 Å². The van der Waals surface area contributed by atoms with Gasteiger partial charge in [0, 0.05) is 31.7 Å². The lowest BCUT2D eigenvalue weighted by Crippen LogP contribution is -2.52. The summed E-state index contributed by atoms with van der Waals surface area (Å²) < 4.78 is 16.6. The molecule has 2 heterocycles. The first-order valence-corrected chi connectivity index (χ1v) is 12.1. The first-order valence-electron chi connectivity index (χ1n) is 12.1. The van der Waals surface area contributed by atoms with Crippen molar-refractivity contribution in [3.8, 4) is 17.2 Å². The molecule has 1 atom stereocenters. The molecular formula is C29H33ClN2O4. The van der Waals surface area contributed by atoms with Crippen molar-refractivity contribution >= 4 is 18.3 Å². The summed E-state index contributed by atoms with van der Waals surface area (Å²) in [6.07, 6.45) is 1.51. The van der Waals surface area contributed by atoms with Crippen molar-refractivity contribution < 1.29 is 19.0 Å². The van der Waals surface area contributed by atoms with Gasteiger partial charge in [-0.2, -0.15) is 0 Å². The highest BCUT2D eigenvalue weighted by Crippen LogP contribution is 2.34. The van der Waals surface area contributed by atoms with Crippen molar-refractivity contribution in [3.05, 3.63) is 88.5 Å². The molecule has 2 aliphatic rings. The predicted octanol–water partition coefficient (Wildman–Crippen LogP) is 4.65. The van der Waals surface area contributed by atoms with Gasteiger partial charge in [0.2, 0.25) is 5.91 Å². The lowest BCUT2D eigenvalue weighted by atomic mass is 9.91. The lowest BCUT2D eigenvalue weighted by molar-refractivity contribution is -0.139. The van der Waals surface area contributed by atoms with E-state index < -0.39 is 0 Å². The third-order valence-corrected chi connectivity index (χ3v) is 7.23. The van der Waals surface area contributed by atoms with Crippen LogP contribution in [0, 0.1) is 0 Å². The van der Waals surface area contributed by atoms with Gasteiger partial charge in [0.25, 0.3) is 0 Å². The fourth-order valence-corrected chi connectivity index (χ4v) is 5.32. The van der Waals surface area contributed by atoms with E-state index in [2.05, 4.69) is 35.2 Å².